The van der Waals surface area contributed by atoms with Crippen molar-refractivity contribution in [1.82, 2.24) is 20.4 Å². The lowest BCUT2D eigenvalue weighted by Crippen LogP contribution is -2.45. The van der Waals surface area contributed by atoms with Crippen molar-refractivity contribution >= 4 is 52.0 Å². The summed E-state index contributed by atoms with van der Waals surface area (Å²) in [6.45, 7) is 2.35. The van der Waals surface area contributed by atoms with Gasteiger partial charge in [-0.2, -0.15) is 5.26 Å². The van der Waals surface area contributed by atoms with Gasteiger partial charge >= 0.3 is 5.97 Å². The summed E-state index contributed by atoms with van der Waals surface area (Å²) in [7, 11) is 0. The Labute approximate surface area is 245 Å². The van der Waals surface area contributed by atoms with Crippen LogP contribution >= 0.6 is 23.2 Å². The number of hydrogen-bond donors (Lipinski definition) is 4. The van der Waals surface area contributed by atoms with E-state index in [1.54, 1.807) is 23.4 Å². The maximum atomic E-state index is 13.2. The van der Waals surface area contributed by atoms with Gasteiger partial charge in [0.1, 0.15) is 11.6 Å². The molecule has 11 nitrogen and oxygen atoms in total. The molecular weight excluding hydrogens is 571 g/mol. The fraction of sp³-hybridized carbons (Fsp3) is 0.357. The summed E-state index contributed by atoms with van der Waals surface area (Å²) >= 11 is 13.2. The molecule has 0 unspecified atom stereocenters. The third-order valence-corrected chi connectivity index (χ3v) is 8.01. The summed E-state index contributed by atoms with van der Waals surface area (Å²) in [6.07, 6.45) is 3.95. The molecule has 2 aliphatic heterocycles. The SMILES string of the molecule is N#CNC(=NC[C@H](NC(=O)c1c(Cl)cc2c(c1Cl)CCN(Cc1ccc3ccoc3c1)C2)C(=O)O)N1CC[C@@H](O)C1. The van der Waals surface area contributed by atoms with E-state index in [0.29, 0.717) is 39.0 Å². The molecular formula is C28H28Cl2N6O5. The molecule has 1 saturated heterocycles. The van der Waals surface area contributed by atoms with Crippen molar-refractivity contribution < 1.29 is 24.2 Å². The molecule has 41 heavy (non-hydrogen) atoms. The third kappa shape index (κ3) is 6.41. The lowest BCUT2D eigenvalue weighted by molar-refractivity contribution is -0.138. The molecule has 0 spiro atoms. The summed E-state index contributed by atoms with van der Waals surface area (Å²) in [5.41, 5.74) is 3.66. The summed E-state index contributed by atoms with van der Waals surface area (Å²) in [6, 6.07) is 8.34. The van der Waals surface area contributed by atoms with Crippen molar-refractivity contribution in [2.45, 2.75) is 38.1 Å². The van der Waals surface area contributed by atoms with E-state index < -0.39 is 24.0 Å². The largest absolute Gasteiger partial charge is 0.480 e. The molecule has 0 radical (unpaired) electrons. The number of nitriles is 1. The smallest absolute Gasteiger partial charge is 0.328 e. The average molecular weight is 599 g/mol. The Morgan fingerprint density at radius 3 is 2.80 bits per heavy atom. The monoisotopic (exact) mass is 598 g/mol. The highest BCUT2D eigenvalue weighted by Crippen LogP contribution is 2.35. The van der Waals surface area contributed by atoms with E-state index in [4.69, 9.17) is 32.9 Å². The number of aliphatic hydroxyl groups is 1. The quantitative estimate of drug-likeness (QED) is 0.139. The van der Waals surface area contributed by atoms with Gasteiger partial charge in [0, 0.05) is 38.1 Å². The van der Waals surface area contributed by atoms with Gasteiger partial charge in [-0.3, -0.25) is 15.0 Å². The number of β-amino-alcohol motifs (C(OH)–C–C–N with tert-alkyl or cyclic N) is 1. The molecule has 0 bridgehead atoms. The van der Waals surface area contributed by atoms with Gasteiger partial charge in [0.2, 0.25) is 5.96 Å². The fourth-order valence-corrected chi connectivity index (χ4v) is 5.97. The summed E-state index contributed by atoms with van der Waals surface area (Å²) < 4.78 is 5.52. The number of carboxylic acids is 1. The zero-order valence-electron chi connectivity index (χ0n) is 21.9. The number of fused-ring (bicyclic) bond motifs is 2. The van der Waals surface area contributed by atoms with Crippen LogP contribution in [0.3, 0.4) is 0 Å². The van der Waals surface area contributed by atoms with Gasteiger partial charge in [-0.1, -0.05) is 35.3 Å². The topological polar surface area (TPSA) is 154 Å². The lowest BCUT2D eigenvalue weighted by atomic mass is 9.96. The molecule has 4 N–H and O–H groups in total. The molecule has 3 aromatic rings. The number of aliphatic carboxylic acids is 1. The number of amides is 1. The Bertz CT molecular complexity index is 1550. The van der Waals surface area contributed by atoms with Crippen molar-refractivity contribution in [2.75, 3.05) is 26.2 Å². The van der Waals surface area contributed by atoms with E-state index in [2.05, 4.69) is 26.6 Å². The number of hydrogen-bond acceptors (Lipinski definition) is 7. The molecule has 214 valence electrons. The zero-order valence-corrected chi connectivity index (χ0v) is 23.5. The number of carbonyl (C=O) groups is 2. The number of aliphatic imine (C=N–C) groups is 1. The third-order valence-electron chi connectivity index (χ3n) is 7.30. The maximum Gasteiger partial charge on any atom is 0.328 e. The Morgan fingerprint density at radius 2 is 2.07 bits per heavy atom. The number of carbonyl (C=O) groups excluding carboxylic acids is 1. The van der Waals surface area contributed by atoms with Crippen LogP contribution in [0.4, 0.5) is 0 Å². The van der Waals surface area contributed by atoms with E-state index in [9.17, 15) is 19.8 Å². The summed E-state index contributed by atoms with van der Waals surface area (Å²) in [4.78, 5) is 33.3. The highest BCUT2D eigenvalue weighted by Gasteiger charge is 2.29. The van der Waals surface area contributed by atoms with Crippen LogP contribution in [0.15, 0.2) is 46.0 Å². The Morgan fingerprint density at radius 1 is 1.24 bits per heavy atom. The highest BCUT2D eigenvalue weighted by atomic mass is 35.5. The molecule has 0 aliphatic carbocycles. The van der Waals surface area contributed by atoms with E-state index in [1.807, 2.05) is 18.2 Å². The van der Waals surface area contributed by atoms with Crippen molar-refractivity contribution in [2.24, 2.45) is 4.99 Å². The van der Waals surface area contributed by atoms with Gasteiger partial charge in [0.25, 0.3) is 5.91 Å². The highest BCUT2D eigenvalue weighted by molar-refractivity contribution is 6.40. The number of benzene rings is 2. The van der Waals surface area contributed by atoms with Gasteiger partial charge in [-0.15, -0.1) is 0 Å². The minimum absolute atomic E-state index is 0.0112. The number of guanidine groups is 1. The van der Waals surface area contributed by atoms with E-state index in [0.717, 1.165) is 27.7 Å². The predicted octanol–water partition coefficient (Wildman–Crippen LogP) is 2.97. The van der Waals surface area contributed by atoms with Crippen LogP contribution in [-0.2, 0) is 24.3 Å². The first-order valence-electron chi connectivity index (χ1n) is 13.1. The second-order valence-corrected chi connectivity index (χ2v) is 10.9. The number of rotatable bonds is 7. The van der Waals surface area contributed by atoms with E-state index in [1.165, 1.54) is 0 Å². The standard InChI is InChI=1S/C28H28Cl2N6O5/c29-21-10-18-13-35(12-16-1-2-17-5-8-41-23(17)9-16)6-4-20(18)25(30)24(21)26(38)34-22(27(39)40)11-32-28(33-15-31)36-7-3-19(37)14-36/h1-2,5,8-10,19,22,37H,3-4,6-7,11-14H2,(H,32,33)(H,34,38)(H,39,40)/t19-,22+/m1/s1. The molecule has 1 aromatic heterocycles. The minimum Gasteiger partial charge on any atom is -0.480 e. The van der Waals surface area contributed by atoms with Crippen LogP contribution in [0, 0.1) is 11.5 Å². The molecule has 2 aliphatic rings. The van der Waals surface area contributed by atoms with Gasteiger partial charge in [-0.25, -0.2) is 9.79 Å². The number of furan rings is 1. The molecule has 1 fully saturated rings. The van der Waals surface area contributed by atoms with Gasteiger partial charge < -0.3 is 24.8 Å². The first kappa shape index (κ1) is 28.7. The first-order valence-corrected chi connectivity index (χ1v) is 13.8. The van der Waals surface area contributed by atoms with Crippen LogP contribution in [0.1, 0.15) is 33.5 Å². The van der Waals surface area contributed by atoms with Crippen molar-refractivity contribution in [3.8, 4) is 6.19 Å². The molecule has 1 amide bonds. The average Bonchev–Trinajstić information content (AvgIpc) is 3.58. The number of nitrogens with zero attached hydrogens (tertiary/aromatic N) is 4. The van der Waals surface area contributed by atoms with Crippen LogP contribution in [0.5, 0.6) is 0 Å². The Balaban J connectivity index is 1.29. The summed E-state index contributed by atoms with van der Waals surface area (Å²) in [5, 5.41) is 34.8. The van der Waals surface area contributed by atoms with E-state index in [-0.39, 0.29) is 34.7 Å². The molecule has 0 saturated carbocycles. The second kappa shape index (κ2) is 12.4. The number of aliphatic hydroxyl groups excluding tert-OH is 1. The molecule has 13 heteroatoms. The van der Waals surface area contributed by atoms with Gasteiger partial charge in [0.15, 0.2) is 6.19 Å². The predicted molar refractivity (Wildman–Crippen MR) is 153 cm³/mol. The summed E-state index contributed by atoms with van der Waals surface area (Å²) in [5.74, 6) is -1.91. The number of nitrogens with one attached hydrogen (secondary N) is 2. The van der Waals surface area contributed by atoms with Crippen molar-refractivity contribution in [3.63, 3.8) is 0 Å². The van der Waals surface area contributed by atoms with E-state index >= 15 is 0 Å². The molecule has 2 aromatic carbocycles. The van der Waals surface area contributed by atoms with Crippen LogP contribution in [0.2, 0.25) is 10.0 Å². The number of carboxylic acid groups (broad SMARTS) is 1. The minimum atomic E-state index is -1.41. The van der Waals surface area contributed by atoms with Crippen molar-refractivity contribution in [3.05, 3.63) is 68.9 Å². The fourth-order valence-electron chi connectivity index (χ4n) is 5.21. The second-order valence-electron chi connectivity index (χ2n) is 10.1. The van der Waals surface area contributed by atoms with Crippen LogP contribution in [0.25, 0.3) is 11.0 Å². The molecule has 2 atom stereocenters. The van der Waals surface area contributed by atoms with Crippen LogP contribution < -0.4 is 10.6 Å². The van der Waals surface area contributed by atoms with Crippen molar-refractivity contribution in [1.29, 1.82) is 5.26 Å². The Hall–Kier alpha value is -3.82. The molecule has 5 rings (SSSR count). The van der Waals surface area contributed by atoms with Gasteiger partial charge in [-0.05, 0) is 47.7 Å². The normalized spacial score (nSPS) is 18.1. The molecule has 3 heterocycles. The first-order chi connectivity index (χ1) is 19.7. The maximum absolute atomic E-state index is 13.2. The van der Waals surface area contributed by atoms with Gasteiger partial charge in [0.05, 0.1) is 34.5 Å². The Kier molecular flexibility index (Phi) is 8.65. The lowest BCUT2D eigenvalue weighted by Gasteiger charge is -2.30. The number of likely N-dealkylation sites (tertiary alicyclic amines) is 1. The zero-order chi connectivity index (χ0) is 29.1. The van der Waals surface area contributed by atoms with Crippen LogP contribution in [-0.4, -0.2) is 76.2 Å². The number of halogens is 2.